The summed E-state index contributed by atoms with van der Waals surface area (Å²) in [5.41, 5.74) is 7.81. The lowest BCUT2D eigenvalue weighted by molar-refractivity contribution is -0.122. The van der Waals surface area contributed by atoms with Crippen LogP contribution in [0.15, 0.2) is 35.7 Å². The fourth-order valence-corrected chi connectivity index (χ4v) is 2.81. The Labute approximate surface area is 158 Å². The monoisotopic (exact) mass is 391 g/mol. The number of carbonyl (C=O) groups is 1. The van der Waals surface area contributed by atoms with E-state index in [1.165, 1.54) is 11.3 Å². The van der Waals surface area contributed by atoms with E-state index in [4.69, 9.17) is 10.5 Å². The Morgan fingerprint density at radius 1 is 1.33 bits per heavy atom. The van der Waals surface area contributed by atoms with Crippen molar-refractivity contribution < 1.29 is 9.53 Å². The van der Waals surface area contributed by atoms with Crippen molar-refractivity contribution in [3.63, 3.8) is 0 Å². The van der Waals surface area contributed by atoms with Crippen molar-refractivity contribution >= 4 is 42.1 Å². The Hall–Kier alpha value is -1.18. The zero-order chi connectivity index (χ0) is 15.9. The van der Waals surface area contributed by atoms with Crippen LogP contribution in [0.5, 0.6) is 0 Å². The van der Waals surface area contributed by atoms with Crippen LogP contribution < -0.4 is 11.1 Å². The predicted molar refractivity (Wildman–Crippen MR) is 102 cm³/mol. The molecule has 0 fully saturated rings. The van der Waals surface area contributed by atoms with Crippen LogP contribution in [0.2, 0.25) is 0 Å². The number of aromatic nitrogens is 1. The van der Waals surface area contributed by atoms with E-state index in [9.17, 15) is 4.79 Å². The summed E-state index contributed by atoms with van der Waals surface area (Å²) < 4.78 is 5.22. The number of nitrogens with one attached hydrogen (secondary N) is 1. The van der Waals surface area contributed by atoms with Crippen molar-refractivity contribution in [2.75, 3.05) is 7.11 Å². The van der Waals surface area contributed by atoms with Crippen molar-refractivity contribution in [2.24, 2.45) is 5.73 Å². The molecule has 2 unspecified atom stereocenters. The van der Waals surface area contributed by atoms with Gasteiger partial charge in [-0.05, 0) is 18.9 Å². The first kappa shape index (κ1) is 22.8. The Morgan fingerprint density at radius 2 is 2.00 bits per heavy atom. The lowest BCUT2D eigenvalue weighted by Crippen LogP contribution is -2.41. The van der Waals surface area contributed by atoms with E-state index in [1.54, 1.807) is 7.11 Å². The van der Waals surface area contributed by atoms with Crippen molar-refractivity contribution in [1.29, 1.82) is 0 Å². The molecule has 8 heteroatoms. The van der Waals surface area contributed by atoms with Gasteiger partial charge in [-0.2, -0.15) is 0 Å². The van der Waals surface area contributed by atoms with E-state index in [0.717, 1.165) is 16.3 Å². The molecule has 2 atom stereocenters. The maximum Gasteiger partial charge on any atom is 0.237 e. The topological polar surface area (TPSA) is 77.2 Å². The van der Waals surface area contributed by atoms with Crippen molar-refractivity contribution in [3.8, 4) is 0 Å². The summed E-state index contributed by atoms with van der Waals surface area (Å²) in [6.45, 7) is 2.32. The van der Waals surface area contributed by atoms with Gasteiger partial charge >= 0.3 is 0 Å². The van der Waals surface area contributed by atoms with E-state index in [1.807, 2.05) is 42.6 Å². The molecule has 2 rings (SSSR count). The van der Waals surface area contributed by atoms with Gasteiger partial charge in [0.05, 0.1) is 18.3 Å². The Kier molecular flexibility index (Phi) is 10.8. The third kappa shape index (κ3) is 6.75. The Morgan fingerprint density at radius 3 is 2.62 bits per heavy atom. The minimum Gasteiger partial charge on any atom is -0.375 e. The van der Waals surface area contributed by atoms with E-state index >= 15 is 0 Å². The number of benzene rings is 1. The average Bonchev–Trinajstić information content (AvgIpc) is 3.01. The average molecular weight is 392 g/mol. The van der Waals surface area contributed by atoms with Gasteiger partial charge < -0.3 is 15.8 Å². The third-order valence-corrected chi connectivity index (χ3v) is 4.40. The number of halogens is 2. The van der Waals surface area contributed by atoms with Gasteiger partial charge in [0.15, 0.2) is 0 Å². The number of hydrogen-bond donors (Lipinski definition) is 2. The molecular weight excluding hydrogens is 369 g/mol. The highest BCUT2D eigenvalue weighted by molar-refractivity contribution is 7.09. The lowest BCUT2D eigenvalue weighted by Gasteiger charge is -2.11. The molecule has 2 aromatic rings. The first-order valence-electron chi connectivity index (χ1n) is 7.14. The second kappa shape index (κ2) is 11.4. The zero-order valence-corrected chi connectivity index (χ0v) is 16.0. The van der Waals surface area contributed by atoms with E-state index in [-0.39, 0.29) is 36.8 Å². The molecule has 1 amide bonds. The number of amides is 1. The summed E-state index contributed by atoms with van der Waals surface area (Å²) in [6, 6.07) is 9.19. The smallest absolute Gasteiger partial charge is 0.237 e. The van der Waals surface area contributed by atoms with Crippen LogP contribution in [-0.2, 0) is 22.5 Å². The number of rotatable bonds is 7. The Bertz CT molecular complexity index is 610. The van der Waals surface area contributed by atoms with Crippen LogP contribution in [0.25, 0.3) is 0 Å². The normalized spacial score (nSPS) is 12.5. The van der Waals surface area contributed by atoms with Gasteiger partial charge in [-0.25, -0.2) is 4.98 Å². The van der Waals surface area contributed by atoms with Crippen LogP contribution in [0.4, 0.5) is 0 Å². The highest BCUT2D eigenvalue weighted by Gasteiger charge is 2.15. The minimum absolute atomic E-state index is 0. The van der Waals surface area contributed by atoms with Gasteiger partial charge in [-0.1, -0.05) is 30.3 Å². The standard InChI is InChI=1S/C16H21N3O2S.2ClH/c1-11(21-2)16-19-13(10-22-16)9-18-15(20)14(17)8-12-6-4-3-5-7-12;;/h3-7,10-11,14H,8-9,17H2,1-2H3,(H,18,20);2*1H. The number of ether oxygens (including phenoxy) is 1. The van der Waals surface area contributed by atoms with Crippen LogP contribution in [0.3, 0.4) is 0 Å². The van der Waals surface area contributed by atoms with Crippen LogP contribution in [-0.4, -0.2) is 24.0 Å². The first-order valence-corrected chi connectivity index (χ1v) is 8.02. The molecule has 0 radical (unpaired) electrons. The number of carbonyl (C=O) groups excluding carboxylic acids is 1. The minimum atomic E-state index is -0.557. The number of thiazole rings is 1. The molecule has 134 valence electrons. The SMILES string of the molecule is COC(C)c1nc(CNC(=O)C(N)Cc2ccccc2)cs1.Cl.Cl. The van der Waals surface area contributed by atoms with Gasteiger partial charge in [-0.15, -0.1) is 36.2 Å². The molecule has 0 aliphatic carbocycles. The molecule has 1 aromatic heterocycles. The molecule has 1 aromatic carbocycles. The molecule has 0 bridgehead atoms. The summed E-state index contributed by atoms with van der Waals surface area (Å²) in [6.07, 6.45) is 0.491. The van der Waals surface area contributed by atoms with Gasteiger partial charge in [0.2, 0.25) is 5.91 Å². The summed E-state index contributed by atoms with van der Waals surface area (Å²) in [7, 11) is 1.65. The second-order valence-corrected chi connectivity index (χ2v) is 5.96. The van der Waals surface area contributed by atoms with Crippen molar-refractivity contribution in [3.05, 3.63) is 52.0 Å². The summed E-state index contributed by atoms with van der Waals surface area (Å²) in [5, 5.41) is 5.66. The summed E-state index contributed by atoms with van der Waals surface area (Å²) in [5.74, 6) is -0.168. The molecular formula is C16H23Cl2N3O2S. The molecule has 0 saturated carbocycles. The lowest BCUT2D eigenvalue weighted by atomic mass is 10.1. The molecule has 0 saturated heterocycles. The zero-order valence-electron chi connectivity index (χ0n) is 13.6. The van der Waals surface area contributed by atoms with Gasteiger partial charge in [0.25, 0.3) is 0 Å². The van der Waals surface area contributed by atoms with Gasteiger partial charge in [0, 0.05) is 12.5 Å². The maximum absolute atomic E-state index is 12.0. The first-order chi connectivity index (χ1) is 10.6. The quantitative estimate of drug-likeness (QED) is 0.760. The van der Waals surface area contributed by atoms with E-state index < -0.39 is 6.04 Å². The summed E-state index contributed by atoms with van der Waals surface area (Å²) in [4.78, 5) is 16.5. The third-order valence-electron chi connectivity index (χ3n) is 3.35. The highest BCUT2D eigenvalue weighted by Crippen LogP contribution is 2.20. The van der Waals surface area contributed by atoms with E-state index in [0.29, 0.717) is 13.0 Å². The fourth-order valence-electron chi connectivity index (χ4n) is 1.96. The molecule has 3 N–H and O–H groups in total. The number of nitrogens with two attached hydrogens (primary N) is 1. The summed E-state index contributed by atoms with van der Waals surface area (Å²) >= 11 is 1.53. The highest BCUT2D eigenvalue weighted by atomic mass is 35.5. The molecule has 0 aliphatic rings. The number of methoxy groups -OCH3 is 1. The fraction of sp³-hybridized carbons (Fsp3) is 0.375. The van der Waals surface area contributed by atoms with Gasteiger partial charge in [0.1, 0.15) is 11.1 Å². The van der Waals surface area contributed by atoms with Gasteiger partial charge in [-0.3, -0.25) is 4.79 Å². The second-order valence-electron chi connectivity index (χ2n) is 5.07. The van der Waals surface area contributed by atoms with Crippen LogP contribution >= 0.6 is 36.2 Å². The molecule has 1 heterocycles. The van der Waals surface area contributed by atoms with Crippen molar-refractivity contribution in [2.45, 2.75) is 32.0 Å². The van der Waals surface area contributed by atoms with Crippen LogP contribution in [0.1, 0.15) is 29.3 Å². The predicted octanol–water partition coefficient (Wildman–Crippen LogP) is 2.88. The Balaban J connectivity index is 0.00000264. The molecule has 0 spiro atoms. The maximum atomic E-state index is 12.0. The molecule has 0 aliphatic heterocycles. The van der Waals surface area contributed by atoms with E-state index in [2.05, 4.69) is 10.3 Å². The molecule has 24 heavy (non-hydrogen) atoms. The molecule has 5 nitrogen and oxygen atoms in total. The van der Waals surface area contributed by atoms with Crippen LogP contribution in [0, 0.1) is 0 Å². The van der Waals surface area contributed by atoms with Crippen molar-refractivity contribution in [1.82, 2.24) is 10.3 Å². The number of hydrogen-bond acceptors (Lipinski definition) is 5. The largest absolute Gasteiger partial charge is 0.375 e. The number of nitrogens with zero attached hydrogens (tertiary/aromatic N) is 1.